The average Bonchev–Trinajstić information content (AvgIpc) is 2.81. The van der Waals surface area contributed by atoms with E-state index in [2.05, 4.69) is 6.92 Å². The SMILES string of the molecule is CCCn1ccn(Cc2cc(CN)ccc2OC)c1=O. The summed E-state index contributed by atoms with van der Waals surface area (Å²) < 4.78 is 8.76. The van der Waals surface area contributed by atoms with Gasteiger partial charge in [0.1, 0.15) is 5.75 Å². The third-order valence-corrected chi connectivity index (χ3v) is 3.30. The molecule has 0 atom stereocenters. The van der Waals surface area contributed by atoms with Crippen LogP contribution in [0, 0.1) is 0 Å². The van der Waals surface area contributed by atoms with Crippen LogP contribution in [0.15, 0.2) is 35.4 Å². The van der Waals surface area contributed by atoms with Crippen LogP contribution in [-0.4, -0.2) is 16.2 Å². The molecule has 0 saturated heterocycles. The Morgan fingerprint density at radius 2 is 2.00 bits per heavy atom. The van der Waals surface area contributed by atoms with Gasteiger partial charge in [0.15, 0.2) is 0 Å². The molecule has 0 saturated carbocycles. The van der Waals surface area contributed by atoms with Gasteiger partial charge in [0.25, 0.3) is 0 Å². The van der Waals surface area contributed by atoms with Crippen molar-refractivity contribution in [2.45, 2.75) is 33.0 Å². The zero-order valence-electron chi connectivity index (χ0n) is 12.0. The van der Waals surface area contributed by atoms with Crippen LogP contribution < -0.4 is 16.2 Å². The largest absolute Gasteiger partial charge is 0.496 e. The molecule has 108 valence electrons. The van der Waals surface area contributed by atoms with Crippen LogP contribution in [0.5, 0.6) is 5.75 Å². The van der Waals surface area contributed by atoms with E-state index in [9.17, 15) is 4.79 Å². The molecular formula is C15H21N3O2. The van der Waals surface area contributed by atoms with Gasteiger partial charge in [-0.25, -0.2) is 4.79 Å². The third kappa shape index (κ3) is 2.93. The van der Waals surface area contributed by atoms with E-state index in [-0.39, 0.29) is 5.69 Å². The zero-order valence-corrected chi connectivity index (χ0v) is 12.0. The molecule has 0 aliphatic heterocycles. The fourth-order valence-corrected chi connectivity index (χ4v) is 2.25. The first-order valence-electron chi connectivity index (χ1n) is 6.81. The molecule has 2 rings (SSSR count). The Bertz CT molecular complexity index is 628. The number of benzene rings is 1. The second kappa shape index (κ2) is 6.43. The minimum atomic E-state index is 0.00653. The number of hydrogen-bond acceptors (Lipinski definition) is 3. The summed E-state index contributed by atoms with van der Waals surface area (Å²) in [5.74, 6) is 0.775. The minimum Gasteiger partial charge on any atom is -0.496 e. The molecular weight excluding hydrogens is 254 g/mol. The lowest BCUT2D eigenvalue weighted by atomic mass is 10.1. The maximum Gasteiger partial charge on any atom is 0.328 e. The lowest BCUT2D eigenvalue weighted by molar-refractivity contribution is 0.407. The first kappa shape index (κ1) is 14.4. The monoisotopic (exact) mass is 275 g/mol. The molecule has 0 aliphatic carbocycles. The summed E-state index contributed by atoms with van der Waals surface area (Å²) in [6, 6.07) is 5.82. The van der Waals surface area contributed by atoms with Crippen molar-refractivity contribution < 1.29 is 4.74 Å². The van der Waals surface area contributed by atoms with Crippen molar-refractivity contribution in [3.63, 3.8) is 0 Å². The molecule has 20 heavy (non-hydrogen) atoms. The number of nitrogens with zero attached hydrogens (tertiary/aromatic N) is 2. The number of aryl methyl sites for hydroxylation is 1. The summed E-state index contributed by atoms with van der Waals surface area (Å²) in [5.41, 5.74) is 7.66. The molecule has 0 bridgehead atoms. The quantitative estimate of drug-likeness (QED) is 0.870. The first-order valence-corrected chi connectivity index (χ1v) is 6.81. The van der Waals surface area contributed by atoms with Gasteiger partial charge >= 0.3 is 5.69 Å². The van der Waals surface area contributed by atoms with Gasteiger partial charge in [0, 0.05) is 31.0 Å². The van der Waals surface area contributed by atoms with E-state index < -0.39 is 0 Å². The van der Waals surface area contributed by atoms with E-state index in [4.69, 9.17) is 10.5 Å². The molecule has 1 aromatic heterocycles. The molecule has 0 fully saturated rings. The van der Waals surface area contributed by atoms with Crippen LogP contribution in [0.1, 0.15) is 24.5 Å². The highest BCUT2D eigenvalue weighted by molar-refractivity contribution is 5.37. The van der Waals surface area contributed by atoms with E-state index in [1.54, 1.807) is 16.2 Å². The van der Waals surface area contributed by atoms with Crippen molar-refractivity contribution in [1.29, 1.82) is 0 Å². The number of rotatable bonds is 6. The zero-order chi connectivity index (χ0) is 14.5. The molecule has 5 heteroatoms. The predicted octanol–water partition coefficient (Wildman–Crippen LogP) is 1.58. The highest BCUT2D eigenvalue weighted by Gasteiger charge is 2.08. The molecule has 0 spiro atoms. The number of ether oxygens (including phenoxy) is 1. The van der Waals surface area contributed by atoms with E-state index in [1.165, 1.54) is 0 Å². The number of nitrogens with two attached hydrogens (primary N) is 1. The Hall–Kier alpha value is -2.01. The van der Waals surface area contributed by atoms with Crippen LogP contribution in [-0.2, 0) is 19.6 Å². The van der Waals surface area contributed by atoms with Gasteiger partial charge in [0.05, 0.1) is 13.7 Å². The number of aromatic nitrogens is 2. The molecule has 5 nitrogen and oxygen atoms in total. The van der Waals surface area contributed by atoms with Crippen molar-refractivity contribution in [2.75, 3.05) is 7.11 Å². The van der Waals surface area contributed by atoms with Crippen LogP contribution in [0.25, 0.3) is 0 Å². The number of hydrogen-bond donors (Lipinski definition) is 1. The van der Waals surface area contributed by atoms with E-state index in [0.717, 1.165) is 29.8 Å². The van der Waals surface area contributed by atoms with Crippen molar-refractivity contribution in [3.05, 3.63) is 52.2 Å². The molecule has 2 N–H and O–H groups in total. The van der Waals surface area contributed by atoms with E-state index in [0.29, 0.717) is 13.1 Å². The summed E-state index contributed by atoms with van der Waals surface area (Å²) in [5, 5.41) is 0. The standard InChI is InChI=1S/C15H21N3O2/c1-3-6-17-7-8-18(15(17)19)11-13-9-12(10-16)4-5-14(13)20-2/h4-5,7-9H,3,6,10-11,16H2,1-2H3. The van der Waals surface area contributed by atoms with Gasteiger partial charge in [-0.15, -0.1) is 0 Å². The molecule has 0 unspecified atom stereocenters. The normalized spacial score (nSPS) is 10.8. The summed E-state index contributed by atoms with van der Waals surface area (Å²) in [6.45, 7) is 3.76. The number of imidazole rings is 1. The topological polar surface area (TPSA) is 62.2 Å². The molecule has 0 aliphatic rings. The van der Waals surface area contributed by atoms with Crippen molar-refractivity contribution >= 4 is 0 Å². The Morgan fingerprint density at radius 3 is 2.65 bits per heavy atom. The van der Waals surface area contributed by atoms with Crippen molar-refractivity contribution in [1.82, 2.24) is 9.13 Å². The van der Waals surface area contributed by atoms with Gasteiger partial charge in [-0.2, -0.15) is 0 Å². The van der Waals surface area contributed by atoms with Gasteiger partial charge in [-0.05, 0) is 24.1 Å². The third-order valence-electron chi connectivity index (χ3n) is 3.30. The number of methoxy groups -OCH3 is 1. The van der Waals surface area contributed by atoms with Crippen LogP contribution in [0.2, 0.25) is 0 Å². The molecule has 1 heterocycles. The maximum atomic E-state index is 12.2. The summed E-state index contributed by atoms with van der Waals surface area (Å²) >= 11 is 0. The van der Waals surface area contributed by atoms with Gasteiger partial charge in [-0.3, -0.25) is 9.13 Å². The molecule has 0 radical (unpaired) electrons. The van der Waals surface area contributed by atoms with Crippen LogP contribution >= 0.6 is 0 Å². The Morgan fingerprint density at radius 1 is 1.25 bits per heavy atom. The van der Waals surface area contributed by atoms with E-state index >= 15 is 0 Å². The van der Waals surface area contributed by atoms with Gasteiger partial charge in [0.2, 0.25) is 0 Å². The average molecular weight is 275 g/mol. The fraction of sp³-hybridized carbons (Fsp3) is 0.400. The van der Waals surface area contributed by atoms with Crippen molar-refractivity contribution in [3.8, 4) is 5.75 Å². The maximum absolute atomic E-state index is 12.2. The van der Waals surface area contributed by atoms with E-state index in [1.807, 2.05) is 30.6 Å². The minimum absolute atomic E-state index is 0.00653. The Labute approximate surface area is 118 Å². The highest BCUT2D eigenvalue weighted by atomic mass is 16.5. The molecule has 1 aromatic carbocycles. The lowest BCUT2D eigenvalue weighted by Gasteiger charge is -2.10. The first-order chi connectivity index (χ1) is 9.69. The van der Waals surface area contributed by atoms with Gasteiger partial charge in [-0.1, -0.05) is 13.0 Å². The second-order valence-corrected chi connectivity index (χ2v) is 4.75. The van der Waals surface area contributed by atoms with Crippen molar-refractivity contribution in [2.24, 2.45) is 5.73 Å². The molecule has 2 aromatic rings. The summed E-state index contributed by atoms with van der Waals surface area (Å²) in [7, 11) is 1.63. The fourth-order valence-electron chi connectivity index (χ4n) is 2.25. The summed E-state index contributed by atoms with van der Waals surface area (Å²) in [4.78, 5) is 12.2. The Kier molecular flexibility index (Phi) is 4.63. The van der Waals surface area contributed by atoms with Crippen LogP contribution in [0.4, 0.5) is 0 Å². The highest BCUT2D eigenvalue weighted by Crippen LogP contribution is 2.20. The smallest absolute Gasteiger partial charge is 0.328 e. The van der Waals surface area contributed by atoms with Crippen LogP contribution in [0.3, 0.4) is 0 Å². The second-order valence-electron chi connectivity index (χ2n) is 4.75. The lowest BCUT2D eigenvalue weighted by Crippen LogP contribution is -2.24. The molecule has 0 amide bonds. The Balaban J connectivity index is 2.31. The van der Waals surface area contributed by atoms with Gasteiger partial charge < -0.3 is 10.5 Å². The summed E-state index contributed by atoms with van der Waals surface area (Å²) in [6.07, 6.45) is 4.58. The predicted molar refractivity (Wildman–Crippen MR) is 79.0 cm³/mol.